The van der Waals surface area contributed by atoms with E-state index in [1.165, 1.54) is 16.4 Å². The summed E-state index contributed by atoms with van der Waals surface area (Å²) in [6.07, 6.45) is 0. The van der Waals surface area contributed by atoms with Gasteiger partial charge in [-0.1, -0.05) is 30.3 Å². The zero-order chi connectivity index (χ0) is 23.8. The predicted octanol–water partition coefficient (Wildman–Crippen LogP) is 1.81. The van der Waals surface area contributed by atoms with Gasteiger partial charge in [0.05, 0.1) is 17.5 Å². The fourth-order valence-corrected chi connectivity index (χ4v) is 4.98. The van der Waals surface area contributed by atoms with Gasteiger partial charge in [-0.2, -0.15) is 4.31 Å². The summed E-state index contributed by atoms with van der Waals surface area (Å²) in [7, 11) is -3.63. The first-order valence-corrected chi connectivity index (χ1v) is 12.3. The third kappa shape index (κ3) is 6.53. The van der Waals surface area contributed by atoms with Gasteiger partial charge in [-0.05, 0) is 43.7 Å². The van der Waals surface area contributed by atoms with E-state index >= 15 is 0 Å². The molecule has 2 aromatic rings. The van der Waals surface area contributed by atoms with Crippen molar-refractivity contribution in [3.63, 3.8) is 0 Å². The maximum absolute atomic E-state index is 12.9. The minimum absolute atomic E-state index is 0.209. The van der Waals surface area contributed by atoms with Crippen LogP contribution >= 0.6 is 0 Å². The number of piperazine rings is 1. The van der Waals surface area contributed by atoms with Crippen molar-refractivity contribution in [2.24, 2.45) is 0 Å². The molecule has 0 radical (unpaired) electrons. The predicted molar refractivity (Wildman–Crippen MR) is 124 cm³/mol. The zero-order valence-corrected chi connectivity index (χ0v) is 19.7. The van der Waals surface area contributed by atoms with Gasteiger partial charge in [-0.25, -0.2) is 13.2 Å². The summed E-state index contributed by atoms with van der Waals surface area (Å²) in [5.74, 6) is 0.192. The molecule has 178 valence electrons. The third-order valence-electron chi connectivity index (χ3n) is 5.51. The van der Waals surface area contributed by atoms with Crippen molar-refractivity contribution in [2.75, 3.05) is 32.8 Å². The molecule has 2 N–H and O–H groups in total. The fraction of sp³-hybridized carbons (Fsp3) is 0.391. The second-order valence-electron chi connectivity index (χ2n) is 7.68. The van der Waals surface area contributed by atoms with Crippen molar-refractivity contribution < 1.29 is 22.7 Å². The Labute approximate surface area is 194 Å². The van der Waals surface area contributed by atoms with Crippen LogP contribution in [0.1, 0.15) is 19.4 Å². The Morgan fingerprint density at radius 3 is 2.24 bits per heavy atom. The number of rotatable bonds is 8. The standard InChI is InChI=1S/C23H30N4O5S/c1-3-32-20-9-11-21(12-10-20)33(30,31)27-15-13-26(14-16-27)18(2)22(28)25-23(29)24-17-19-7-5-4-6-8-19/h4-12,18H,3,13-17H2,1-2H3,(H2,24,25,28,29). The van der Waals surface area contributed by atoms with Gasteiger partial charge in [-0.3, -0.25) is 15.0 Å². The van der Waals surface area contributed by atoms with Crippen molar-refractivity contribution in [1.82, 2.24) is 19.8 Å². The number of carbonyl (C=O) groups excluding carboxylic acids is 2. The Balaban J connectivity index is 1.48. The number of carbonyl (C=O) groups is 2. The average molecular weight is 475 g/mol. The van der Waals surface area contributed by atoms with E-state index in [1.54, 1.807) is 19.1 Å². The summed E-state index contributed by atoms with van der Waals surface area (Å²) in [6.45, 7) is 5.68. The maximum Gasteiger partial charge on any atom is 0.321 e. The molecule has 9 nitrogen and oxygen atoms in total. The van der Waals surface area contributed by atoms with Crippen LogP contribution in [-0.2, 0) is 21.4 Å². The SMILES string of the molecule is CCOc1ccc(S(=O)(=O)N2CCN(C(C)C(=O)NC(=O)NCc3ccccc3)CC2)cc1. The third-order valence-corrected chi connectivity index (χ3v) is 7.42. The number of nitrogens with one attached hydrogen (secondary N) is 2. The van der Waals surface area contributed by atoms with Crippen LogP contribution in [0.2, 0.25) is 0 Å². The summed E-state index contributed by atoms with van der Waals surface area (Å²) in [6, 6.07) is 14.6. The highest BCUT2D eigenvalue weighted by molar-refractivity contribution is 7.89. The second kappa shape index (κ2) is 11.3. The molecule has 1 atom stereocenters. The summed E-state index contributed by atoms with van der Waals surface area (Å²) < 4.78 is 32.6. The molecule has 1 unspecified atom stereocenters. The molecule has 1 heterocycles. The number of nitrogens with zero attached hydrogens (tertiary/aromatic N) is 2. The van der Waals surface area contributed by atoms with Gasteiger partial charge >= 0.3 is 6.03 Å². The Morgan fingerprint density at radius 1 is 1.00 bits per heavy atom. The molecule has 0 aromatic heterocycles. The minimum Gasteiger partial charge on any atom is -0.494 e. The fourth-order valence-electron chi connectivity index (χ4n) is 3.56. The first-order chi connectivity index (χ1) is 15.8. The minimum atomic E-state index is -3.63. The number of hydrogen-bond donors (Lipinski definition) is 2. The molecule has 2 aromatic carbocycles. The number of amides is 3. The smallest absolute Gasteiger partial charge is 0.321 e. The Morgan fingerprint density at radius 2 is 1.64 bits per heavy atom. The molecule has 3 amide bonds. The summed E-state index contributed by atoms with van der Waals surface area (Å²) >= 11 is 0. The number of imide groups is 1. The number of sulfonamides is 1. The number of urea groups is 1. The first-order valence-electron chi connectivity index (χ1n) is 10.9. The van der Waals surface area contributed by atoms with Crippen molar-refractivity contribution in [3.8, 4) is 5.75 Å². The highest BCUT2D eigenvalue weighted by Crippen LogP contribution is 2.21. The van der Waals surface area contributed by atoms with Crippen molar-refractivity contribution in [2.45, 2.75) is 31.3 Å². The van der Waals surface area contributed by atoms with Crippen molar-refractivity contribution in [1.29, 1.82) is 0 Å². The molecule has 1 aliphatic heterocycles. The van der Waals surface area contributed by atoms with Crippen LogP contribution in [0.3, 0.4) is 0 Å². The molecule has 0 bridgehead atoms. The largest absolute Gasteiger partial charge is 0.494 e. The van der Waals surface area contributed by atoms with Crippen molar-refractivity contribution in [3.05, 3.63) is 60.2 Å². The molecule has 10 heteroatoms. The lowest BCUT2D eigenvalue weighted by Gasteiger charge is -2.36. The van der Waals surface area contributed by atoms with E-state index in [4.69, 9.17) is 4.74 Å². The molecular weight excluding hydrogens is 444 g/mol. The van der Waals surface area contributed by atoms with E-state index in [0.717, 1.165) is 5.56 Å². The molecule has 0 saturated carbocycles. The second-order valence-corrected chi connectivity index (χ2v) is 9.62. The van der Waals surface area contributed by atoms with Crippen LogP contribution in [0, 0.1) is 0 Å². The van der Waals surface area contributed by atoms with E-state index in [2.05, 4.69) is 10.6 Å². The van der Waals surface area contributed by atoms with Gasteiger partial charge < -0.3 is 10.1 Å². The summed E-state index contributed by atoms with van der Waals surface area (Å²) in [5, 5.41) is 5.01. The van der Waals surface area contributed by atoms with Crippen LogP contribution in [-0.4, -0.2) is 68.4 Å². The lowest BCUT2D eigenvalue weighted by atomic mass is 10.2. The summed E-state index contributed by atoms with van der Waals surface area (Å²) in [5.41, 5.74) is 0.929. The number of ether oxygens (including phenoxy) is 1. The van der Waals surface area contributed by atoms with Gasteiger partial charge in [0.15, 0.2) is 0 Å². The molecule has 0 aliphatic carbocycles. The Kier molecular flexibility index (Phi) is 8.43. The van der Waals surface area contributed by atoms with Crippen molar-refractivity contribution >= 4 is 22.0 Å². The molecule has 33 heavy (non-hydrogen) atoms. The van der Waals surface area contributed by atoms with Gasteiger partial charge in [-0.15, -0.1) is 0 Å². The van der Waals surface area contributed by atoms with Crippen LogP contribution in [0.5, 0.6) is 5.75 Å². The zero-order valence-electron chi connectivity index (χ0n) is 18.9. The monoisotopic (exact) mass is 474 g/mol. The van der Waals surface area contributed by atoms with Gasteiger partial charge in [0.1, 0.15) is 5.75 Å². The van der Waals surface area contributed by atoms with E-state index in [-0.39, 0.29) is 18.0 Å². The Hall–Kier alpha value is -2.95. The topological polar surface area (TPSA) is 108 Å². The maximum atomic E-state index is 12.9. The first kappa shape index (κ1) is 24.7. The molecule has 1 aliphatic rings. The van der Waals surface area contributed by atoms with Gasteiger partial charge in [0, 0.05) is 32.7 Å². The molecule has 1 fully saturated rings. The van der Waals surface area contributed by atoms with Gasteiger partial charge in [0.2, 0.25) is 15.9 Å². The lowest BCUT2D eigenvalue weighted by Crippen LogP contribution is -2.56. The van der Waals surface area contributed by atoms with E-state index in [9.17, 15) is 18.0 Å². The normalized spacial score (nSPS) is 16.1. The number of benzene rings is 2. The molecule has 1 saturated heterocycles. The van der Waals surface area contributed by atoms with Crippen LogP contribution in [0.25, 0.3) is 0 Å². The summed E-state index contributed by atoms with van der Waals surface area (Å²) in [4.78, 5) is 26.6. The molecule has 0 spiro atoms. The van der Waals surface area contributed by atoms with Crippen LogP contribution < -0.4 is 15.4 Å². The Bertz CT molecular complexity index is 1040. The number of hydrogen-bond acceptors (Lipinski definition) is 6. The highest BCUT2D eigenvalue weighted by Gasteiger charge is 2.32. The van der Waals surface area contributed by atoms with E-state index in [1.807, 2.05) is 42.2 Å². The van der Waals surface area contributed by atoms with Crippen LogP contribution in [0.15, 0.2) is 59.5 Å². The van der Waals surface area contributed by atoms with Gasteiger partial charge in [0.25, 0.3) is 0 Å². The van der Waals surface area contributed by atoms with E-state index in [0.29, 0.717) is 32.0 Å². The van der Waals surface area contributed by atoms with Crippen LogP contribution in [0.4, 0.5) is 4.79 Å². The van der Waals surface area contributed by atoms with E-state index < -0.39 is 28.0 Å². The lowest BCUT2D eigenvalue weighted by molar-refractivity contribution is -0.125. The quantitative estimate of drug-likeness (QED) is 0.604. The molecule has 3 rings (SSSR count). The highest BCUT2D eigenvalue weighted by atomic mass is 32.2. The molecular formula is C23H30N4O5S. The average Bonchev–Trinajstić information content (AvgIpc) is 2.83.